The van der Waals surface area contributed by atoms with E-state index in [1.165, 1.54) is 14.0 Å². The number of nitrogens with zero attached hydrogens (tertiary/aromatic N) is 2. The number of rotatable bonds is 6. The number of methoxy groups -OCH3 is 1. The van der Waals surface area contributed by atoms with Crippen LogP contribution in [0, 0.1) is 5.92 Å². The van der Waals surface area contributed by atoms with Crippen molar-refractivity contribution < 1.29 is 19.1 Å². The summed E-state index contributed by atoms with van der Waals surface area (Å²) >= 11 is 6.30. The van der Waals surface area contributed by atoms with Crippen molar-refractivity contribution in [1.29, 1.82) is 0 Å². The predicted molar refractivity (Wildman–Crippen MR) is 107 cm³/mol. The molecule has 1 heterocycles. The third-order valence-corrected chi connectivity index (χ3v) is 5.25. The number of carbonyl (C=O) groups excluding carboxylic acids is 3. The lowest BCUT2D eigenvalue weighted by Gasteiger charge is -2.40. The van der Waals surface area contributed by atoms with Gasteiger partial charge in [0, 0.05) is 38.1 Å². The van der Waals surface area contributed by atoms with E-state index in [9.17, 15) is 14.4 Å². The van der Waals surface area contributed by atoms with Crippen LogP contribution in [0.5, 0.6) is 0 Å². The molecule has 28 heavy (non-hydrogen) atoms. The summed E-state index contributed by atoms with van der Waals surface area (Å²) in [4.78, 5) is 40.4. The molecule has 8 heteroatoms. The Morgan fingerprint density at radius 1 is 1.11 bits per heavy atom. The molecule has 7 nitrogen and oxygen atoms in total. The highest BCUT2D eigenvalue weighted by molar-refractivity contribution is 6.31. The van der Waals surface area contributed by atoms with Crippen LogP contribution in [0.2, 0.25) is 5.02 Å². The predicted octanol–water partition coefficient (Wildman–Crippen LogP) is 1.86. The molecule has 154 valence electrons. The second-order valence-corrected chi connectivity index (χ2v) is 7.64. The van der Waals surface area contributed by atoms with E-state index < -0.39 is 12.1 Å². The number of hydrogen-bond donors (Lipinski definition) is 1. The maximum Gasteiger partial charge on any atom is 0.327 e. The number of piperazine rings is 1. The van der Waals surface area contributed by atoms with Gasteiger partial charge >= 0.3 is 5.97 Å². The summed E-state index contributed by atoms with van der Waals surface area (Å²) in [6, 6.07) is 6.03. The van der Waals surface area contributed by atoms with Crippen molar-refractivity contribution in [3.63, 3.8) is 0 Å². The molecule has 2 atom stereocenters. The molecule has 1 aliphatic heterocycles. The number of amides is 2. The van der Waals surface area contributed by atoms with Crippen LogP contribution in [-0.2, 0) is 19.1 Å². The van der Waals surface area contributed by atoms with Gasteiger partial charge in [-0.3, -0.25) is 14.5 Å². The molecule has 1 aromatic carbocycles. The first kappa shape index (κ1) is 22.2. The minimum absolute atomic E-state index is 0.0135. The van der Waals surface area contributed by atoms with Gasteiger partial charge in [-0.15, -0.1) is 0 Å². The third kappa shape index (κ3) is 5.23. The fourth-order valence-electron chi connectivity index (χ4n) is 3.41. The topological polar surface area (TPSA) is 79.0 Å². The summed E-state index contributed by atoms with van der Waals surface area (Å²) in [5.74, 6) is -0.723. The number of carbonyl (C=O) groups is 3. The highest BCUT2D eigenvalue weighted by Gasteiger charge is 2.35. The van der Waals surface area contributed by atoms with Crippen LogP contribution in [0.1, 0.15) is 32.4 Å². The Hall–Kier alpha value is -2.12. The molecule has 0 bridgehead atoms. The Kier molecular flexibility index (Phi) is 7.83. The van der Waals surface area contributed by atoms with Crippen LogP contribution in [0.15, 0.2) is 24.3 Å². The van der Waals surface area contributed by atoms with Gasteiger partial charge in [0.25, 0.3) is 0 Å². The standard InChI is InChI=1S/C20H28ClN3O4/c1-13(2)17(22-14(3)25)19(26)24-11-9-23(10-12-24)18(20(27)28-4)15-7-5-6-8-16(15)21/h5-8,13,17-18H,9-12H2,1-4H3,(H,22,25)/t17-,18-/m1/s1. The monoisotopic (exact) mass is 409 g/mol. The average molecular weight is 410 g/mol. The zero-order valence-electron chi connectivity index (χ0n) is 16.8. The van der Waals surface area contributed by atoms with Crippen LogP contribution in [0.4, 0.5) is 0 Å². The highest BCUT2D eigenvalue weighted by atomic mass is 35.5. The Bertz CT molecular complexity index is 717. The van der Waals surface area contributed by atoms with E-state index in [1.54, 1.807) is 11.0 Å². The van der Waals surface area contributed by atoms with E-state index in [0.717, 1.165) is 0 Å². The fraction of sp³-hybridized carbons (Fsp3) is 0.550. The average Bonchev–Trinajstić information content (AvgIpc) is 2.67. The summed E-state index contributed by atoms with van der Waals surface area (Å²) in [7, 11) is 1.35. The van der Waals surface area contributed by atoms with Gasteiger partial charge < -0.3 is 15.0 Å². The van der Waals surface area contributed by atoms with Gasteiger partial charge in [-0.1, -0.05) is 43.6 Å². The molecular weight excluding hydrogens is 382 g/mol. The number of ether oxygens (including phenoxy) is 1. The van der Waals surface area contributed by atoms with Crippen LogP contribution >= 0.6 is 11.6 Å². The first-order valence-electron chi connectivity index (χ1n) is 9.38. The summed E-state index contributed by atoms with van der Waals surface area (Å²) in [6.07, 6.45) is 0. The van der Waals surface area contributed by atoms with E-state index >= 15 is 0 Å². The van der Waals surface area contributed by atoms with Gasteiger partial charge in [0.05, 0.1) is 7.11 Å². The molecule has 0 aromatic heterocycles. The lowest BCUT2D eigenvalue weighted by molar-refractivity contribution is -0.149. The Morgan fingerprint density at radius 3 is 2.21 bits per heavy atom. The van der Waals surface area contributed by atoms with Crippen LogP contribution < -0.4 is 5.32 Å². The number of benzene rings is 1. The maximum atomic E-state index is 12.8. The van der Waals surface area contributed by atoms with Gasteiger partial charge in [-0.2, -0.15) is 0 Å². The van der Waals surface area contributed by atoms with E-state index in [-0.39, 0.29) is 23.7 Å². The van der Waals surface area contributed by atoms with Crippen molar-refractivity contribution in [2.45, 2.75) is 32.9 Å². The lowest BCUT2D eigenvalue weighted by Crippen LogP contribution is -2.57. The smallest absolute Gasteiger partial charge is 0.327 e. The van der Waals surface area contributed by atoms with E-state index in [2.05, 4.69) is 5.32 Å². The molecule has 1 aliphatic rings. The van der Waals surface area contributed by atoms with Crippen molar-refractivity contribution in [3.05, 3.63) is 34.9 Å². The Labute approximate surface area is 171 Å². The van der Waals surface area contributed by atoms with Crippen LogP contribution in [0.25, 0.3) is 0 Å². The van der Waals surface area contributed by atoms with Gasteiger partial charge in [0.15, 0.2) is 0 Å². The van der Waals surface area contributed by atoms with Crippen molar-refractivity contribution in [3.8, 4) is 0 Å². The van der Waals surface area contributed by atoms with Crippen molar-refractivity contribution >= 4 is 29.4 Å². The molecule has 0 aliphatic carbocycles. The second kappa shape index (κ2) is 9.89. The first-order chi connectivity index (χ1) is 13.3. The molecule has 2 rings (SSSR count). The molecule has 0 radical (unpaired) electrons. The first-order valence-corrected chi connectivity index (χ1v) is 9.76. The zero-order chi connectivity index (χ0) is 20.8. The van der Waals surface area contributed by atoms with Crippen molar-refractivity contribution in [1.82, 2.24) is 15.1 Å². The third-order valence-electron chi connectivity index (χ3n) is 4.91. The summed E-state index contributed by atoms with van der Waals surface area (Å²) in [5.41, 5.74) is 0.689. The summed E-state index contributed by atoms with van der Waals surface area (Å²) < 4.78 is 5.00. The van der Waals surface area contributed by atoms with E-state index in [0.29, 0.717) is 36.8 Å². The quantitative estimate of drug-likeness (QED) is 0.725. The second-order valence-electron chi connectivity index (χ2n) is 7.23. The minimum Gasteiger partial charge on any atom is -0.468 e. The zero-order valence-corrected chi connectivity index (χ0v) is 17.5. The Morgan fingerprint density at radius 2 is 1.71 bits per heavy atom. The van der Waals surface area contributed by atoms with Gasteiger partial charge in [0.1, 0.15) is 12.1 Å². The van der Waals surface area contributed by atoms with Crippen LogP contribution in [0.3, 0.4) is 0 Å². The largest absolute Gasteiger partial charge is 0.468 e. The normalized spacial score (nSPS) is 17.1. The van der Waals surface area contributed by atoms with E-state index in [1.807, 2.05) is 36.9 Å². The van der Waals surface area contributed by atoms with Crippen LogP contribution in [-0.4, -0.2) is 66.9 Å². The number of nitrogens with one attached hydrogen (secondary N) is 1. The van der Waals surface area contributed by atoms with E-state index in [4.69, 9.17) is 16.3 Å². The van der Waals surface area contributed by atoms with Gasteiger partial charge in [-0.25, -0.2) is 4.79 Å². The highest BCUT2D eigenvalue weighted by Crippen LogP contribution is 2.29. The summed E-state index contributed by atoms with van der Waals surface area (Å²) in [6.45, 7) is 7.13. The lowest BCUT2D eigenvalue weighted by atomic mass is 10.0. The minimum atomic E-state index is -0.618. The number of hydrogen-bond acceptors (Lipinski definition) is 5. The van der Waals surface area contributed by atoms with Crippen molar-refractivity contribution in [2.75, 3.05) is 33.3 Å². The molecule has 1 saturated heterocycles. The number of halogens is 1. The SMILES string of the molecule is COC(=O)[C@@H](c1ccccc1Cl)N1CCN(C(=O)[C@H](NC(C)=O)C(C)C)CC1. The van der Waals surface area contributed by atoms with Crippen molar-refractivity contribution in [2.24, 2.45) is 5.92 Å². The molecule has 0 spiro atoms. The fourth-order valence-corrected chi connectivity index (χ4v) is 3.65. The molecule has 2 amide bonds. The van der Waals surface area contributed by atoms with Gasteiger partial charge in [-0.05, 0) is 17.5 Å². The molecule has 1 N–H and O–H groups in total. The molecular formula is C20H28ClN3O4. The number of esters is 1. The molecule has 0 saturated carbocycles. The molecule has 1 aromatic rings. The van der Waals surface area contributed by atoms with Gasteiger partial charge in [0.2, 0.25) is 11.8 Å². The molecule has 1 fully saturated rings. The summed E-state index contributed by atoms with van der Waals surface area (Å²) in [5, 5.41) is 3.24. The molecule has 0 unspecified atom stereocenters. The Balaban J connectivity index is 2.12. The maximum absolute atomic E-state index is 12.8.